The second-order valence-corrected chi connectivity index (χ2v) is 6.44. The summed E-state index contributed by atoms with van der Waals surface area (Å²) in [7, 11) is 0. The fourth-order valence-electron chi connectivity index (χ4n) is 2.93. The topological polar surface area (TPSA) is 92.6 Å². The van der Waals surface area contributed by atoms with Crippen molar-refractivity contribution in [2.24, 2.45) is 0 Å². The molecule has 1 fully saturated rings. The highest BCUT2D eigenvalue weighted by Crippen LogP contribution is 2.30. The SMILES string of the molecule is CC(=O)c1ccc(NC2CCN(c3cccc(Cl)c3)C2=O)c([N+](=O)[O-])c1. The lowest BCUT2D eigenvalue weighted by atomic mass is 10.1. The highest BCUT2D eigenvalue weighted by atomic mass is 35.5. The van der Waals surface area contributed by atoms with Gasteiger partial charge in [-0.15, -0.1) is 0 Å². The normalized spacial score (nSPS) is 16.6. The van der Waals surface area contributed by atoms with Crippen LogP contribution in [0, 0.1) is 10.1 Å². The third kappa shape index (κ3) is 3.52. The quantitative estimate of drug-likeness (QED) is 0.490. The molecule has 1 saturated heterocycles. The van der Waals surface area contributed by atoms with Crippen LogP contribution in [0.5, 0.6) is 0 Å². The van der Waals surface area contributed by atoms with Gasteiger partial charge in [0.25, 0.3) is 5.69 Å². The zero-order chi connectivity index (χ0) is 18.8. The van der Waals surface area contributed by atoms with E-state index in [1.807, 2.05) is 0 Å². The van der Waals surface area contributed by atoms with Crippen molar-refractivity contribution in [3.05, 3.63) is 63.2 Å². The molecule has 134 valence electrons. The maximum Gasteiger partial charge on any atom is 0.293 e. The van der Waals surface area contributed by atoms with E-state index in [2.05, 4.69) is 5.32 Å². The molecule has 0 aromatic heterocycles. The van der Waals surface area contributed by atoms with Gasteiger partial charge in [0.05, 0.1) is 4.92 Å². The van der Waals surface area contributed by atoms with E-state index < -0.39 is 11.0 Å². The van der Waals surface area contributed by atoms with Gasteiger partial charge in [0, 0.05) is 28.9 Å². The molecule has 1 N–H and O–H groups in total. The molecule has 0 bridgehead atoms. The highest BCUT2D eigenvalue weighted by Gasteiger charge is 2.34. The first-order valence-corrected chi connectivity index (χ1v) is 8.37. The monoisotopic (exact) mass is 373 g/mol. The van der Waals surface area contributed by atoms with E-state index in [-0.39, 0.29) is 28.6 Å². The summed E-state index contributed by atoms with van der Waals surface area (Å²) in [5, 5.41) is 14.8. The molecule has 7 nitrogen and oxygen atoms in total. The average molecular weight is 374 g/mol. The summed E-state index contributed by atoms with van der Waals surface area (Å²) >= 11 is 5.98. The Balaban J connectivity index is 1.83. The summed E-state index contributed by atoms with van der Waals surface area (Å²) < 4.78 is 0. The highest BCUT2D eigenvalue weighted by molar-refractivity contribution is 6.31. The number of amides is 1. The van der Waals surface area contributed by atoms with Gasteiger partial charge in [-0.05, 0) is 43.7 Å². The Labute approximate surface area is 154 Å². The van der Waals surface area contributed by atoms with E-state index in [4.69, 9.17) is 11.6 Å². The molecule has 26 heavy (non-hydrogen) atoms. The number of nitrogens with zero attached hydrogens (tertiary/aromatic N) is 2. The van der Waals surface area contributed by atoms with E-state index in [0.717, 1.165) is 0 Å². The van der Waals surface area contributed by atoms with Crippen LogP contribution in [0.1, 0.15) is 23.7 Å². The molecule has 1 aliphatic heterocycles. The Bertz CT molecular complexity index is 900. The van der Waals surface area contributed by atoms with Gasteiger partial charge in [-0.2, -0.15) is 0 Å². The first-order valence-electron chi connectivity index (χ1n) is 7.99. The Kier molecular flexibility index (Phi) is 4.90. The van der Waals surface area contributed by atoms with E-state index in [9.17, 15) is 19.7 Å². The number of carbonyl (C=O) groups is 2. The van der Waals surface area contributed by atoms with Crippen LogP contribution in [-0.2, 0) is 4.79 Å². The summed E-state index contributed by atoms with van der Waals surface area (Å²) in [6.45, 7) is 1.83. The summed E-state index contributed by atoms with van der Waals surface area (Å²) in [6, 6.07) is 10.6. The summed E-state index contributed by atoms with van der Waals surface area (Å²) in [5.41, 5.74) is 0.923. The second kappa shape index (κ2) is 7.13. The van der Waals surface area contributed by atoms with Crippen molar-refractivity contribution in [1.29, 1.82) is 0 Å². The zero-order valence-electron chi connectivity index (χ0n) is 13.9. The number of rotatable bonds is 5. The van der Waals surface area contributed by atoms with Gasteiger partial charge in [0.15, 0.2) is 5.78 Å². The van der Waals surface area contributed by atoms with Crippen molar-refractivity contribution in [3.63, 3.8) is 0 Å². The Morgan fingerprint density at radius 1 is 1.31 bits per heavy atom. The average Bonchev–Trinajstić information content (AvgIpc) is 2.95. The predicted molar refractivity (Wildman–Crippen MR) is 98.9 cm³/mol. The van der Waals surface area contributed by atoms with Gasteiger partial charge in [-0.1, -0.05) is 17.7 Å². The number of anilines is 2. The van der Waals surface area contributed by atoms with Crippen LogP contribution in [-0.4, -0.2) is 29.2 Å². The minimum atomic E-state index is -0.587. The molecule has 0 saturated carbocycles. The van der Waals surface area contributed by atoms with Crippen LogP contribution in [0.2, 0.25) is 5.02 Å². The van der Waals surface area contributed by atoms with Crippen molar-refractivity contribution in [2.75, 3.05) is 16.8 Å². The Morgan fingerprint density at radius 2 is 2.08 bits per heavy atom. The summed E-state index contributed by atoms with van der Waals surface area (Å²) in [5.74, 6) is -0.444. The molecule has 8 heteroatoms. The number of nitro benzene ring substituents is 1. The van der Waals surface area contributed by atoms with Crippen LogP contribution in [0.15, 0.2) is 42.5 Å². The van der Waals surface area contributed by atoms with E-state index in [1.165, 1.54) is 25.1 Å². The largest absolute Gasteiger partial charge is 0.368 e. The molecular formula is C18H16ClN3O4. The van der Waals surface area contributed by atoms with Crippen molar-refractivity contribution in [2.45, 2.75) is 19.4 Å². The number of hydrogen-bond donors (Lipinski definition) is 1. The minimum Gasteiger partial charge on any atom is -0.368 e. The molecule has 0 aliphatic carbocycles. The smallest absolute Gasteiger partial charge is 0.293 e. The maximum atomic E-state index is 12.7. The molecular weight excluding hydrogens is 358 g/mol. The second-order valence-electron chi connectivity index (χ2n) is 6.00. The third-order valence-electron chi connectivity index (χ3n) is 4.26. The van der Waals surface area contributed by atoms with Gasteiger partial charge >= 0.3 is 0 Å². The van der Waals surface area contributed by atoms with Crippen LogP contribution >= 0.6 is 11.6 Å². The van der Waals surface area contributed by atoms with Crippen LogP contribution in [0.3, 0.4) is 0 Å². The number of carbonyl (C=O) groups excluding carboxylic acids is 2. The number of hydrogen-bond acceptors (Lipinski definition) is 5. The standard InChI is InChI=1S/C18H16ClN3O4/c1-11(23)12-5-6-15(17(9-12)22(25)26)20-16-7-8-21(18(16)24)14-4-2-3-13(19)10-14/h2-6,9-10,16,20H,7-8H2,1H3. The van der Waals surface area contributed by atoms with Crippen LogP contribution in [0.25, 0.3) is 0 Å². The number of benzene rings is 2. The maximum absolute atomic E-state index is 12.7. The fourth-order valence-corrected chi connectivity index (χ4v) is 3.11. The van der Waals surface area contributed by atoms with Gasteiger partial charge < -0.3 is 10.2 Å². The minimum absolute atomic E-state index is 0.183. The third-order valence-corrected chi connectivity index (χ3v) is 4.49. The first-order chi connectivity index (χ1) is 12.4. The lowest BCUT2D eigenvalue weighted by Gasteiger charge is -2.18. The molecule has 2 aromatic rings. The molecule has 1 amide bonds. The van der Waals surface area contributed by atoms with Crippen molar-refractivity contribution in [3.8, 4) is 0 Å². The summed E-state index contributed by atoms with van der Waals surface area (Å²) in [6.07, 6.45) is 0.497. The molecule has 3 rings (SSSR count). The molecule has 1 unspecified atom stereocenters. The van der Waals surface area contributed by atoms with Crippen molar-refractivity contribution >= 4 is 40.4 Å². The first kappa shape index (κ1) is 17.9. The number of nitro groups is 1. The molecule has 0 radical (unpaired) electrons. The predicted octanol–water partition coefficient (Wildman–Crippen LogP) is 3.67. The van der Waals surface area contributed by atoms with Gasteiger partial charge in [0.1, 0.15) is 11.7 Å². The fraction of sp³-hybridized carbons (Fsp3) is 0.222. The van der Waals surface area contributed by atoms with Crippen molar-refractivity contribution < 1.29 is 14.5 Å². The number of Topliss-reactive ketones (excluding diaryl/α,β-unsaturated/α-hetero) is 1. The molecule has 1 aliphatic rings. The van der Waals surface area contributed by atoms with Gasteiger partial charge in [0.2, 0.25) is 5.91 Å². The molecule has 2 aromatic carbocycles. The lowest BCUT2D eigenvalue weighted by Crippen LogP contribution is -2.33. The van der Waals surface area contributed by atoms with E-state index in [1.54, 1.807) is 29.2 Å². The van der Waals surface area contributed by atoms with Crippen molar-refractivity contribution in [1.82, 2.24) is 0 Å². The number of halogens is 1. The van der Waals surface area contributed by atoms with E-state index in [0.29, 0.717) is 23.7 Å². The van der Waals surface area contributed by atoms with Crippen LogP contribution in [0.4, 0.5) is 17.1 Å². The Hall–Kier alpha value is -2.93. The van der Waals surface area contributed by atoms with Crippen LogP contribution < -0.4 is 10.2 Å². The van der Waals surface area contributed by atoms with E-state index >= 15 is 0 Å². The molecule has 1 atom stereocenters. The number of ketones is 1. The van der Waals surface area contributed by atoms with Gasteiger partial charge in [-0.25, -0.2) is 0 Å². The Morgan fingerprint density at radius 3 is 2.73 bits per heavy atom. The number of nitrogens with one attached hydrogen (secondary N) is 1. The molecule has 1 heterocycles. The lowest BCUT2D eigenvalue weighted by molar-refractivity contribution is -0.384. The summed E-state index contributed by atoms with van der Waals surface area (Å²) in [4.78, 5) is 36.5. The molecule has 0 spiro atoms. The zero-order valence-corrected chi connectivity index (χ0v) is 14.7. The van der Waals surface area contributed by atoms with Gasteiger partial charge in [-0.3, -0.25) is 19.7 Å².